The van der Waals surface area contributed by atoms with Crippen molar-refractivity contribution in [2.45, 2.75) is 11.1 Å². The Kier molecular flexibility index (Phi) is 4.50. The summed E-state index contributed by atoms with van der Waals surface area (Å²) in [5.41, 5.74) is 0.00187. The van der Waals surface area contributed by atoms with E-state index in [1.54, 1.807) is 18.2 Å². The minimum atomic E-state index is -4.47. The Labute approximate surface area is 163 Å². The van der Waals surface area contributed by atoms with Crippen LogP contribution >= 0.6 is 0 Å². The molecular formula is C19H13F3N4O2S. The number of fused-ring (bicyclic) bond motifs is 1. The Morgan fingerprint density at radius 3 is 2.41 bits per heavy atom. The lowest BCUT2D eigenvalue weighted by molar-refractivity contribution is -0.137. The van der Waals surface area contributed by atoms with Crippen LogP contribution in [0.5, 0.6) is 0 Å². The van der Waals surface area contributed by atoms with E-state index in [2.05, 4.69) is 14.8 Å². The van der Waals surface area contributed by atoms with E-state index in [4.69, 9.17) is 0 Å². The standard InChI is InChI=1S/C19H13F3N4O2S/c20-19(21,22)14-6-4-5-13(11-14)18-23-17-10-9-15(12-26(17)24-18)25-29(27,28)16-7-2-1-3-8-16/h1-12,25H. The highest BCUT2D eigenvalue weighted by atomic mass is 32.2. The van der Waals surface area contributed by atoms with Crippen LogP contribution in [-0.2, 0) is 16.2 Å². The zero-order valence-electron chi connectivity index (χ0n) is 14.6. The summed E-state index contributed by atoms with van der Waals surface area (Å²) in [6.45, 7) is 0. The predicted molar refractivity (Wildman–Crippen MR) is 101 cm³/mol. The minimum absolute atomic E-state index is 0.0965. The highest BCUT2D eigenvalue weighted by Crippen LogP contribution is 2.31. The highest BCUT2D eigenvalue weighted by Gasteiger charge is 2.30. The molecule has 0 aliphatic heterocycles. The molecule has 2 aromatic carbocycles. The molecular weight excluding hydrogens is 405 g/mol. The zero-order chi connectivity index (χ0) is 20.6. The summed E-state index contributed by atoms with van der Waals surface area (Å²) in [4.78, 5) is 4.31. The number of sulfonamides is 1. The number of alkyl halides is 3. The first-order valence-electron chi connectivity index (χ1n) is 8.34. The fraction of sp³-hybridized carbons (Fsp3) is 0.0526. The number of halogens is 3. The topological polar surface area (TPSA) is 76.4 Å². The van der Waals surface area contributed by atoms with E-state index >= 15 is 0 Å². The fourth-order valence-corrected chi connectivity index (χ4v) is 3.78. The van der Waals surface area contributed by atoms with Crippen LogP contribution in [0.25, 0.3) is 17.0 Å². The minimum Gasteiger partial charge on any atom is -0.278 e. The predicted octanol–water partition coefficient (Wildman–Crippen LogP) is 4.22. The third-order valence-electron chi connectivity index (χ3n) is 4.08. The summed E-state index contributed by atoms with van der Waals surface area (Å²) in [5.74, 6) is 0.0965. The van der Waals surface area contributed by atoms with Gasteiger partial charge in [-0.15, -0.1) is 5.10 Å². The summed E-state index contributed by atoms with van der Waals surface area (Å²) in [7, 11) is -3.79. The number of anilines is 1. The number of aromatic nitrogens is 3. The average molecular weight is 418 g/mol. The van der Waals surface area contributed by atoms with Gasteiger partial charge in [-0.05, 0) is 36.4 Å². The van der Waals surface area contributed by atoms with Crippen LogP contribution in [0.4, 0.5) is 18.9 Å². The number of benzene rings is 2. The summed E-state index contributed by atoms with van der Waals surface area (Å²) < 4.78 is 67.4. The molecule has 1 N–H and O–H groups in total. The second-order valence-electron chi connectivity index (χ2n) is 6.15. The van der Waals surface area contributed by atoms with Crippen molar-refractivity contribution < 1.29 is 21.6 Å². The van der Waals surface area contributed by atoms with Crippen molar-refractivity contribution >= 4 is 21.4 Å². The van der Waals surface area contributed by atoms with Gasteiger partial charge in [-0.3, -0.25) is 4.72 Å². The van der Waals surface area contributed by atoms with E-state index in [0.717, 1.165) is 12.1 Å². The molecule has 0 atom stereocenters. The first-order chi connectivity index (χ1) is 13.7. The van der Waals surface area contributed by atoms with Gasteiger partial charge in [-0.1, -0.05) is 30.3 Å². The fourth-order valence-electron chi connectivity index (χ4n) is 2.71. The second-order valence-corrected chi connectivity index (χ2v) is 7.84. The molecule has 4 aromatic rings. The van der Waals surface area contributed by atoms with Crippen LogP contribution in [0, 0.1) is 0 Å². The lowest BCUT2D eigenvalue weighted by Gasteiger charge is -2.07. The third kappa shape index (κ3) is 3.92. The van der Waals surface area contributed by atoms with Gasteiger partial charge in [-0.2, -0.15) is 13.2 Å². The molecule has 0 aliphatic rings. The normalized spacial score (nSPS) is 12.2. The number of rotatable bonds is 4. The monoisotopic (exact) mass is 418 g/mol. The van der Waals surface area contributed by atoms with Gasteiger partial charge in [0.15, 0.2) is 11.5 Å². The molecule has 0 unspecified atom stereocenters. The Hall–Kier alpha value is -3.40. The maximum atomic E-state index is 12.9. The van der Waals surface area contributed by atoms with Crippen molar-refractivity contribution in [1.29, 1.82) is 0 Å². The van der Waals surface area contributed by atoms with Gasteiger partial charge >= 0.3 is 6.18 Å². The Morgan fingerprint density at radius 2 is 1.69 bits per heavy atom. The lowest BCUT2D eigenvalue weighted by Crippen LogP contribution is -2.13. The second kappa shape index (κ2) is 6.89. The molecule has 10 heteroatoms. The zero-order valence-corrected chi connectivity index (χ0v) is 15.4. The van der Waals surface area contributed by atoms with E-state index in [-0.39, 0.29) is 22.0 Å². The molecule has 4 rings (SSSR count). The molecule has 2 heterocycles. The smallest absolute Gasteiger partial charge is 0.278 e. The van der Waals surface area contributed by atoms with Crippen LogP contribution in [0.2, 0.25) is 0 Å². The van der Waals surface area contributed by atoms with Crippen LogP contribution in [-0.4, -0.2) is 23.0 Å². The SMILES string of the molecule is O=S(=O)(Nc1ccc2nc(-c3cccc(C(F)(F)F)c3)nn2c1)c1ccccc1. The summed E-state index contributed by atoms with van der Waals surface area (Å²) in [6, 6.07) is 15.6. The van der Waals surface area contributed by atoms with Gasteiger partial charge in [0, 0.05) is 5.56 Å². The molecule has 2 aromatic heterocycles. The van der Waals surface area contributed by atoms with Gasteiger partial charge in [0.25, 0.3) is 10.0 Å². The van der Waals surface area contributed by atoms with Crippen molar-refractivity contribution in [1.82, 2.24) is 14.6 Å². The average Bonchev–Trinajstić information content (AvgIpc) is 3.11. The molecule has 0 fully saturated rings. The Balaban J connectivity index is 1.67. The Bertz CT molecular complexity index is 1290. The van der Waals surface area contributed by atoms with E-state index in [0.29, 0.717) is 5.65 Å². The van der Waals surface area contributed by atoms with Crippen LogP contribution in [0.1, 0.15) is 5.56 Å². The molecule has 0 radical (unpaired) electrons. The summed E-state index contributed by atoms with van der Waals surface area (Å²) in [6.07, 6.45) is -3.07. The molecule has 0 amide bonds. The lowest BCUT2D eigenvalue weighted by atomic mass is 10.1. The van der Waals surface area contributed by atoms with Crippen LogP contribution in [0.15, 0.2) is 77.8 Å². The maximum absolute atomic E-state index is 12.9. The van der Waals surface area contributed by atoms with Crippen molar-refractivity contribution in [3.05, 3.63) is 78.5 Å². The van der Waals surface area contributed by atoms with Gasteiger partial charge in [0.2, 0.25) is 0 Å². The number of nitrogens with one attached hydrogen (secondary N) is 1. The first kappa shape index (κ1) is 18.9. The maximum Gasteiger partial charge on any atom is 0.416 e. The van der Waals surface area contributed by atoms with E-state index in [9.17, 15) is 21.6 Å². The quantitative estimate of drug-likeness (QED) is 0.539. The molecule has 0 aliphatic carbocycles. The van der Waals surface area contributed by atoms with Gasteiger partial charge in [0.05, 0.1) is 22.3 Å². The van der Waals surface area contributed by atoms with E-state index in [1.165, 1.54) is 47.1 Å². The third-order valence-corrected chi connectivity index (χ3v) is 5.48. The van der Waals surface area contributed by atoms with E-state index < -0.39 is 21.8 Å². The Morgan fingerprint density at radius 1 is 0.931 bits per heavy atom. The number of hydrogen-bond acceptors (Lipinski definition) is 4. The largest absolute Gasteiger partial charge is 0.416 e. The van der Waals surface area contributed by atoms with Crippen molar-refractivity contribution in [3.63, 3.8) is 0 Å². The number of nitrogens with zero attached hydrogens (tertiary/aromatic N) is 3. The first-order valence-corrected chi connectivity index (χ1v) is 9.83. The van der Waals surface area contributed by atoms with Crippen molar-refractivity contribution in [2.75, 3.05) is 4.72 Å². The number of hydrogen-bond donors (Lipinski definition) is 1. The molecule has 0 saturated heterocycles. The molecule has 6 nitrogen and oxygen atoms in total. The highest BCUT2D eigenvalue weighted by molar-refractivity contribution is 7.92. The van der Waals surface area contributed by atoms with Gasteiger partial charge in [0.1, 0.15) is 0 Å². The molecule has 0 bridgehead atoms. The molecule has 148 valence electrons. The number of pyridine rings is 1. The summed E-state index contributed by atoms with van der Waals surface area (Å²) >= 11 is 0. The van der Waals surface area contributed by atoms with E-state index in [1.807, 2.05) is 0 Å². The van der Waals surface area contributed by atoms with Crippen molar-refractivity contribution in [3.8, 4) is 11.4 Å². The van der Waals surface area contributed by atoms with Gasteiger partial charge in [-0.25, -0.2) is 17.9 Å². The van der Waals surface area contributed by atoms with Crippen LogP contribution in [0.3, 0.4) is 0 Å². The van der Waals surface area contributed by atoms with Gasteiger partial charge < -0.3 is 0 Å². The van der Waals surface area contributed by atoms with Crippen LogP contribution < -0.4 is 4.72 Å². The van der Waals surface area contributed by atoms with Crippen molar-refractivity contribution in [2.24, 2.45) is 0 Å². The molecule has 29 heavy (non-hydrogen) atoms. The molecule has 0 spiro atoms. The molecule has 0 saturated carbocycles. The summed E-state index contributed by atoms with van der Waals surface area (Å²) in [5, 5.41) is 4.17.